The number of rotatable bonds is 2. The number of nitrogens with zero attached hydrogens (tertiary/aromatic N) is 1. The molecule has 0 aliphatic carbocycles. The van der Waals surface area contributed by atoms with E-state index in [-0.39, 0.29) is 5.75 Å². The predicted octanol–water partition coefficient (Wildman–Crippen LogP) is 1.94. The zero-order valence-corrected chi connectivity index (χ0v) is 9.84. The minimum Gasteiger partial charge on any atom is -0.507 e. The zero-order chi connectivity index (χ0) is 13.1. The number of benzene rings is 2. The molecule has 0 saturated heterocycles. The Morgan fingerprint density at radius 3 is 2.72 bits per heavy atom. The van der Waals surface area contributed by atoms with Gasteiger partial charge >= 0.3 is 6.03 Å². The minimum atomic E-state index is -0.741. The van der Waals surface area contributed by atoms with Crippen LogP contribution in [-0.2, 0) is 0 Å². The standard InChI is InChI=1S/C13H13N3O2/c1-8(15-16-13(14)18)10-7-6-9-4-2-3-5-11(9)12(10)17/h2-7,17H,1H3,(H3,14,16,18)/b15-8+. The lowest BCUT2D eigenvalue weighted by Gasteiger charge is -2.07. The number of carbonyl (C=O) groups is 1. The number of hydrogen-bond donors (Lipinski definition) is 3. The fourth-order valence-electron chi connectivity index (χ4n) is 1.75. The average molecular weight is 243 g/mol. The van der Waals surface area contributed by atoms with Crippen molar-refractivity contribution in [3.05, 3.63) is 42.0 Å². The lowest BCUT2D eigenvalue weighted by molar-refractivity contribution is 0.249. The van der Waals surface area contributed by atoms with Crippen molar-refractivity contribution in [1.29, 1.82) is 0 Å². The van der Waals surface area contributed by atoms with Crippen molar-refractivity contribution in [1.82, 2.24) is 5.43 Å². The molecule has 0 radical (unpaired) electrons. The molecular formula is C13H13N3O2. The summed E-state index contributed by atoms with van der Waals surface area (Å²) in [6.45, 7) is 1.68. The molecule has 0 heterocycles. The molecule has 18 heavy (non-hydrogen) atoms. The van der Waals surface area contributed by atoms with Crippen LogP contribution < -0.4 is 11.2 Å². The Bertz CT molecular complexity index is 635. The quantitative estimate of drug-likeness (QED) is 0.556. The van der Waals surface area contributed by atoms with Gasteiger partial charge in [0.25, 0.3) is 0 Å². The van der Waals surface area contributed by atoms with Gasteiger partial charge in [0.05, 0.1) is 5.71 Å². The third kappa shape index (κ3) is 2.24. The number of aromatic hydroxyl groups is 1. The molecular weight excluding hydrogens is 230 g/mol. The number of amides is 2. The molecule has 0 unspecified atom stereocenters. The van der Waals surface area contributed by atoms with Crippen LogP contribution in [0.15, 0.2) is 41.5 Å². The van der Waals surface area contributed by atoms with Crippen molar-refractivity contribution >= 4 is 22.5 Å². The first kappa shape index (κ1) is 11.9. The van der Waals surface area contributed by atoms with Gasteiger partial charge in [0.15, 0.2) is 0 Å². The first-order valence-corrected chi connectivity index (χ1v) is 5.40. The van der Waals surface area contributed by atoms with Gasteiger partial charge in [0.2, 0.25) is 0 Å². The highest BCUT2D eigenvalue weighted by Gasteiger charge is 2.08. The molecule has 5 heteroatoms. The highest BCUT2D eigenvalue weighted by atomic mass is 16.3. The van der Waals surface area contributed by atoms with E-state index in [4.69, 9.17) is 5.73 Å². The number of nitrogens with one attached hydrogen (secondary N) is 1. The van der Waals surface area contributed by atoms with Gasteiger partial charge in [-0.1, -0.05) is 30.3 Å². The maximum Gasteiger partial charge on any atom is 0.332 e. The SMILES string of the molecule is C/C(=N\NC(N)=O)c1ccc2ccccc2c1O. The Morgan fingerprint density at radius 2 is 2.00 bits per heavy atom. The van der Waals surface area contributed by atoms with Gasteiger partial charge in [-0.05, 0) is 18.4 Å². The summed E-state index contributed by atoms with van der Waals surface area (Å²) in [5, 5.41) is 15.6. The van der Waals surface area contributed by atoms with E-state index in [1.54, 1.807) is 13.0 Å². The van der Waals surface area contributed by atoms with Crippen molar-refractivity contribution in [2.24, 2.45) is 10.8 Å². The average Bonchev–Trinajstić information content (AvgIpc) is 2.37. The van der Waals surface area contributed by atoms with Crippen LogP contribution in [0.2, 0.25) is 0 Å². The first-order chi connectivity index (χ1) is 8.59. The molecule has 0 saturated carbocycles. The van der Waals surface area contributed by atoms with Gasteiger partial charge in [0.1, 0.15) is 5.75 Å². The van der Waals surface area contributed by atoms with Gasteiger partial charge in [0, 0.05) is 10.9 Å². The Balaban J connectivity index is 2.49. The number of urea groups is 1. The van der Waals surface area contributed by atoms with E-state index in [1.807, 2.05) is 30.3 Å². The number of nitrogens with two attached hydrogens (primary N) is 1. The Hall–Kier alpha value is -2.56. The summed E-state index contributed by atoms with van der Waals surface area (Å²) in [4.78, 5) is 10.6. The minimum absolute atomic E-state index is 0.139. The van der Waals surface area contributed by atoms with E-state index in [2.05, 4.69) is 10.5 Å². The van der Waals surface area contributed by atoms with Gasteiger partial charge in [-0.3, -0.25) is 0 Å². The summed E-state index contributed by atoms with van der Waals surface area (Å²) in [5.74, 6) is 0.139. The molecule has 92 valence electrons. The highest BCUT2D eigenvalue weighted by Crippen LogP contribution is 2.28. The van der Waals surface area contributed by atoms with E-state index in [0.29, 0.717) is 11.3 Å². The van der Waals surface area contributed by atoms with E-state index >= 15 is 0 Å². The maximum atomic E-state index is 10.6. The molecule has 0 aromatic heterocycles. The van der Waals surface area contributed by atoms with E-state index in [1.165, 1.54) is 0 Å². The van der Waals surface area contributed by atoms with Crippen molar-refractivity contribution in [2.75, 3.05) is 0 Å². The smallest absolute Gasteiger partial charge is 0.332 e. The van der Waals surface area contributed by atoms with Gasteiger partial charge in [-0.2, -0.15) is 5.10 Å². The van der Waals surface area contributed by atoms with Crippen molar-refractivity contribution < 1.29 is 9.90 Å². The summed E-state index contributed by atoms with van der Waals surface area (Å²) in [7, 11) is 0. The second-order valence-corrected chi connectivity index (χ2v) is 3.86. The van der Waals surface area contributed by atoms with Crippen LogP contribution in [-0.4, -0.2) is 16.8 Å². The molecule has 2 aromatic carbocycles. The lowest BCUT2D eigenvalue weighted by Crippen LogP contribution is -2.25. The van der Waals surface area contributed by atoms with E-state index in [9.17, 15) is 9.90 Å². The van der Waals surface area contributed by atoms with E-state index < -0.39 is 6.03 Å². The van der Waals surface area contributed by atoms with Crippen LogP contribution in [0.5, 0.6) is 5.75 Å². The second kappa shape index (κ2) is 4.75. The molecule has 5 nitrogen and oxygen atoms in total. The number of carbonyl (C=O) groups excluding carboxylic acids is 1. The monoisotopic (exact) mass is 243 g/mol. The molecule has 0 aliphatic rings. The number of primary amides is 1. The molecule has 0 spiro atoms. The Kier molecular flexibility index (Phi) is 3.14. The normalized spacial score (nSPS) is 11.5. The number of hydrazone groups is 1. The van der Waals surface area contributed by atoms with Crippen LogP contribution in [0.25, 0.3) is 10.8 Å². The van der Waals surface area contributed by atoms with Crippen LogP contribution in [0.1, 0.15) is 12.5 Å². The number of hydrogen-bond acceptors (Lipinski definition) is 3. The van der Waals surface area contributed by atoms with Crippen LogP contribution >= 0.6 is 0 Å². The molecule has 2 aromatic rings. The van der Waals surface area contributed by atoms with E-state index in [0.717, 1.165) is 10.8 Å². The topological polar surface area (TPSA) is 87.7 Å². The molecule has 0 fully saturated rings. The fourth-order valence-corrected chi connectivity index (χ4v) is 1.75. The maximum absolute atomic E-state index is 10.6. The van der Waals surface area contributed by atoms with Gasteiger partial charge in [-0.25, -0.2) is 10.2 Å². The molecule has 2 amide bonds. The summed E-state index contributed by atoms with van der Waals surface area (Å²) < 4.78 is 0. The molecule has 0 bridgehead atoms. The third-order valence-corrected chi connectivity index (χ3v) is 2.62. The molecule has 0 aliphatic heterocycles. The summed E-state index contributed by atoms with van der Waals surface area (Å²) in [5.41, 5.74) is 8.10. The largest absolute Gasteiger partial charge is 0.507 e. The van der Waals surface area contributed by atoms with Crippen LogP contribution in [0.3, 0.4) is 0 Å². The molecule has 4 N–H and O–H groups in total. The van der Waals surface area contributed by atoms with Crippen LogP contribution in [0.4, 0.5) is 4.79 Å². The highest BCUT2D eigenvalue weighted by molar-refractivity contribution is 6.06. The summed E-state index contributed by atoms with van der Waals surface area (Å²) >= 11 is 0. The first-order valence-electron chi connectivity index (χ1n) is 5.40. The number of fused-ring (bicyclic) bond motifs is 1. The second-order valence-electron chi connectivity index (χ2n) is 3.86. The zero-order valence-electron chi connectivity index (χ0n) is 9.84. The van der Waals surface area contributed by atoms with Crippen LogP contribution in [0, 0.1) is 0 Å². The number of phenols is 1. The van der Waals surface area contributed by atoms with Crippen molar-refractivity contribution in [3.8, 4) is 5.75 Å². The number of phenolic OH excluding ortho intramolecular Hbond substituents is 1. The fraction of sp³-hybridized carbons (Fsp3) is 0.0769. The van der Waals surface area contributed by atoms with Gasteiger partial charge in [-0.15, -0.1) is 0 Å². The Morgan fingerprint density at radius 1 is 1.28 bits per heavy atom. The van der Waals surface area contributed by atoms with Gasteiger partial charge < -0.3 is 10.8 Å². The summed E-state index contributed by atoms with van der Waals surface area (Å²) in [6, 6.07) is 10.4. The molecule has 0 atom stereocenters. The lowest BCUT2D eigenvalue weighted by atomic mass is 10.0. The molecule has 2 rings (SSSR count). The third-order valence-electron chi connectivity index (χ3n) is 2.62. The Labute approximate surface area is 104 Å². The summed E-state index contributed by atoms with van der Waals surface area (Å²) in [6.07, 6.45) is 0. The van der Waals surface area contributed by atoms with Crippen molar-refractivity contribution in [3.63, 3.8) is 0 Å². The predicted molar refractivity (Wildman–Crippen MR) is 70.5 cm³/mol. The van der Waals surface area contributed by atoms with Crippen molar-refractivity contribution in [2.45, 2.75) is 6.92 Å².